The van der Waals surface area contributed by atoms with E-state index < -0.39 is 11.8 Å². The molecule has 4 aromatic rings. The van der Waals surface area contributed by atoms with Gasteiger partial charge in [-0.15, -0.1) is 0 Å². The number of rotatable bonds is 8. The highest BCUT2D eigenvalue weighted by molar-refractivity contribution is 6.30. The number of likely N-dealkylation sites (N-methyl/N-ethyl adjacent to an activating group) is 2. The molecule has 0 aliphatic carbocycles. The van der Waals surface area contributed by atoms with Crippen molar-refractivity contribution in [3.63, 3.8) is 0 Å². The largest absolute Gasteiger partial charge is 0.448 e. The summed E-state index contributed by atoms with van der Waals surface area (Å²) in [5.41, 5.74) is 1.31. The minimum absolute atomic E-state index is 0.109. The van der Waals surface area contributed by atoms with Crippen LogP contribution in [0.4, 0.5) is 11.5 Å². The van der Waals surface area contributed by atoms with E-state index in [1.165, 1.54) is 18.6 Å². The van der Waals surface area contributed by atoms with Gasteiger partial charge < -0.3 is 24.9 Å². The Morgan fingerprint density at radius 3 is 2.30 bits per heavy atom. The minimum Gasteiger partial charge on any atom is -0.448 e. The van der Waals surface area contributed by atoms with Gasteiger partial charge in [0.25, 0.3) is 17.7 Å². The maximum atomic E-state index is 13.1. The summed E-state index contributed by atoms with van der Waals surface area (Å²) in [4.78, 5) is 50.5. The summed E-state index contributed by atoms with van der Waals surface area (Å²) < 4.78 is 5.74. The highest BCUT2D eigenvalue weighted by Crippen LogP contribution is 2.31. The third kappa shape index (κ3) is 6.11. The molecular formula is C26H25ClN6O4. The van der Waals surface area contributed by atoms with Crippen molar-refractivity contribution in [1.82, 2.24) is 19.8 Å². The van der Waals surface area contributed by atoms with Crippen molar-refractivity contribution < 1.29 is 18.8 Å². The highest BCUT2D eigenvalue weighted by atomic mass is 35.5. The lowest BCUT2D eigenvalue weighted by atomic mass is 10.1. The lowest BCUT2D eigenvalue weighted by Crippen LogP contribution is -2.33. The summed E-state index contributed by atoms with van der Waals surface area (Å²) in [6.45, 7) is 1.31. The molecule has 190 valence electrons. The van der Waals surface area contributed by atoms with Crippen LogP contribution >= 0.6 is 11.6 Å². The third-order valence-electron chi connectivity index (χ3n) is 5.53. The van der Waals surface area contributed by atoms with Gasteiger partial charge in [-0.25, -0.2) is 4.98 Å². The van der Waals surface area contributed by atoms with Gasteiger partial charge in [-0.1, -0.05) is 11.6 Å². The zero-order valence-electron chi connectivity index (χ0n) is 20.5. The molecule has 0 aliphatic heterocycles. The Morgan fingerprint density at radius 1 is 0.892 bits per heavy atom. The Bertz CT molecular complexity index is 1430. The van der Waals surface area contributed by atoms with Gasteiger partial charge in [-0.05, 0) is 56.6 Å². The summed E-state index contributed by atoms with van der Waals surface area (Å²) in [5.74, 6) is -1.08. The molecule has 10 nitrogen and oxygen atoms in total. The van der Waals surface area contributed by atoms with Crippen LogP contribution in [0.3, 0.4) is 0 Å². The Labute approximate surface area is 218 Å². The fourth-order valence-corrected chi connectivity index (χ4v) is 3.58. The SMILES string of the molecule is CN(C)CCN(C)C(=O)c1ccc(C(=O)Nc2c(C(=O)Nc3ccc(Cl)cn3)oc3ccncc23)cc1. The average Bonchev–Trinajstić information content (AvgIpc) is 3.26. The molecule has 0 fully saturated rings. The Hall–Kier alpha value is -4.28. The minimum atomic E-state index is -0.608. The second-order valence-corrected chi connectivity index (χ2v) is 8.99. The van der Waals surface area contributed by atoms with Crippen LogP contribution in [-0.4, -0.2) is 71.7 Å². The van der Waals surface area contributed by atoms with Gasteiger partial charge in [0.2, 0.25) is 5.76 Å². The standard InChI is InChI=1S/C26H25ClN6O4/c1-32(2)12-13-33(3)26(36)17-6-4-16(5-7-17)24(34)31-22-19-15-28-11-10-20(19)37-23(22)25(35)30-21-9-8-18(27)14-29-21/h4-11,14-15H,12-13H2,1-3H3,(H,31,34)(H,29,30,35). The number of pyridine rings is 2. The highest BCUT2D eigenvalue weighted by Gasteiger charge is 2.24. The number of nitrogens with one attached hydrogen (secondary N) is 2. The third-order valence-corrected chi connectivity index (χ3v) is 5.75. The molecule has 0 radical (unpaired) electrons. The van der Waals surface area contributed by atoms with E-state index in [9.17, 15) is 14.4 Å². The molecule has 0 atom stereocenters. The lowest BCUT2D eigenvalue weighted by molar-refractivity contribution is 0.0785. The number of carbonyl (C=O) groups excluding carboxylic acids is 3. The van der Waals surface area contributed by atoms with Gasteiger partial charge >= 0.3 is 0 Å². The van der Waals surface area contributed by atoms with E-state index in [2.05, 4.69) is 20.6 Å². The molecule has 2 N–H and O–H groups in total. The van der Waals surface area contributed by atoms with E-state index >= 15 is 0 Å². The van der Waals surface area contributed by atoms with Crippen molar-refractivity contribution in [2.24, 2.45) is 0 Å². The van der Waals surface area contributed by atoms with Crippen LogP contribution < -0.4 is 10.6 Å². The summed E-state index contributed by atoms with van der Waals surface area (Å²) >= 11 is 5.86. The fourth-order valence-electron chi connectivity index (χ4n) is 3.47. The second-order valence-electron chi connectivity index (χ2n) is 8.56. The molecule has 4 rings (SSSR count). The van der Waals surface area contributed by atoms with Gasteiger partial charge in [-0.2, -0.15) is 0 Å². The van der Waals surface area contributed by atoms with E-state index in [-0.39, 0.29) is 23.2 Å². The van der Waals surface area contributed by atoms with Crippen molar-refractivity contribution in [3.8, 4) is 0 Å². The van der Waals surface area contributed by atoms with Crippen molar-refractivity contribution in [1.29, 1.82) is 0 Å². The lowest BCUT2D eigenvalue weighted by Gasteiger charge is -2.19. The summed E-state index contributed by atoms with van der Waals surface area (Å²) in [5, 5.41) is 6.26. The zero-order valence-corrected chi connectivity index (χ0v) is 21.2. The number of benzene rings is 1. The van der Waals surface area contributed by atoms with Crippen LogP contribution in [0.15, 0.2) is 65.5 Å². The summed E-state index contributed by atoms with van der Waals surface area (Å²) in [6.07, 6.45) is 4.42. The van der Waals surface area contributed by atoms with Crippen LogP contribution in [-0.2, 0) is 0 Å². The maximum absolute atomic E-state index is 13.1. The Morgan fingerprint density at radius 2 is 1.62 bits per heavy atom. The maximum Gasteiger partial charge on any atom is 0.294 e. The monoisotopic (exact) mass is 520 g/mol. The summed E-state index contributed by atoms with van der Waals surface area (Å²) in [7, 11) is 5.61. The number of hydrogen-bond acceptors (Lipinski definition) is 7. The quantitative estimate of drug-likeness (QED) is 0.360. The smallest absolute Gasteiger partial charge is 0.294 e. The number of hydrogen-bond donors (Lipinski definition) is 2. The van der Waals surface area contributed by atoms with E-state index in [1.807, 2.05) is 19.0 Å². The van der Waals surface area contributed by atoms with Gasteiger partial charge in [0, 0.05) is 49.9 Å². The van der Waals surface area contributed by atoms with E-state index in [0.29, 0.717) is 33.7 Å². The second kappa shape index (κ2) is 11.2. The number of amides is 3. The molecule has 1 aromatic carbocycles. The van der Waals surface area contributed by atoms with E-state index in [0.717, 1.165) is 6.54 Å². The molecule has 11 heteroatoms. The molecule has 0 saturated carbocycles. The van der Waals surface area contributed by atoms with E-state index in [1.54, 1.807) is 54.4 Å². The number of furan rings is 1. The van der Waals surface area contributed by atoms with Crippen molar-refractivity contribution in [3.05, 3.63) is 83.0 Å². The molecule has 0 aliphatic rings. The Kier molecular flexibility index (Phi) is 7.80. The van der Waals surface area contributed by atoms with Gasteiger partial charge in [0.1, 0.15) is 17.1 Å². The first-order valence-electron chi connectivity index (χ1n) is 11.3. The number of carbonyl (C=O) groups is 3. The first-order chi connectivity index (χ1) is 17.7. The topological polar surface area (TPSA) is 121 Å². The number of anilines is 2. The number of fused-ring (bicyclic) bond motifs is 1. The Balaban J connectivity index is 1.54. The predicted molar refractivity (Wildman–Crippen MR) is 141 cm³/mol. The van der Waals surface area contributed by atoms with Crippen LogP contribution in [0, 0.1) is 0 Å². The van der Waals surface area contributed by atoms with E-state index in [4.69, 9.17) is 16.0 Å². The fraction of sp³-hybridized carbons (Fsp3) is 0.192. The van der Waals surface area contributed by atoms with Crippen molar-refractivity contribution >= 4 is 51.8 Å². The van der Waals surface area contributed by atoms with Gasteiger partial charge in [0.05, 0.1) is 10.4 Å². The number of nitrogens with zero attached hydrogens (tertiary/aromatic N) is 4. The van der Waals surface area contributed by atoms with Crippen LogP contribution in [0.1, 0.15) is 31.3 Å². The number of halogens is 1. The van der Waals surface area contributed by atoms with Crippen LogP contribution in [0.2, 0.25) is 5.02 Å². The first kappa shape index (κ1) is 25.8. The molecular weight excluding hydrogens is 496 g/mol. The van der Waals surface area contributed by atoms with Crippen molar-refractivity contribution in [2.75, 3.05) is 44.9 Å². The van der Waals surface area contributed by atoms with Gasteiger partial charge in [-0.3, -0.25) is 19.4 Å². The first-order valence-corrected chi connectivity index (χ1v) is 11.7. The molecule has 0 saturated heterocycles. The average molecular weight is 521 g/mol. The predicted octanol–water partition coefficient (Wildman–Crippen LogP) is 4.01. The molecule has 0 unspecified atom stereocenters. The van der Waals surface area contributed by atoms with Crippen LogP contribution in [0.5, 0.6) is 0 Å². The summed E-state index contributed by atoms with van der Waals surface area (Å²) in [6, 6.07) is 11.0. The number of aromatic nitrogens is 2. The molecule has 37 heavy (non-hydrogen) atoms. The molecule has 3 aromatic heterocycles. The molecule has 0 spiro atoms. The molecule has 0 bridgehead atoms. The van der Waals surface area contributed by atoms with Crippen molar-refractivity contribution in [2.45, 2.75) is 0 Å². The van der Waals surface area contributed by atoms with Crippen LogP contribution in [0.25, 0.3) is 11.0 Å². The molecule has 3 heterocycles. The normalized spacial score (nSPS) is 10.9. The zero-order chi connectivity index (χ0) is 26.5. The van der Waals surface area contributed by atoms with Gasteiger partial charge in [0.15, 0.2) is 0 Å². The molecule has 3 amide bonds.